The molecule has 1 aliphatic heterocycles. The first-order valence-electron chi connectivity index (χ1n) is 9.35. The lowest BCUT2D eigenvalue weighted by atomic mass is 9.98. The summed E-state index contributed by atoms with van der Waals surface area (Å²) in [4.78, 5) is 12.0. The minimum atomic E-state index is -3.04. The second-order valence-corrected chi connectivity index (χ2v) is 9.44. The third-order valence-electron chi connectivity index (χ3n) is 5.18. The van der Waals surface area contributed by atoms with Crippen LogP contribution in [-0.2, 0) is 21.2 Å². The number of aryl methyl sites for hydroxylation is 1. The Bertz CT molecular complexity index is 663. The number of hydrogen-bond donors (Lipinski definition) is 1. The highest BCUT2D eigenvalue weighted by Crippen LogP contribution is 2.33. The lowest BCUT2D eigenvalue weighted by Gasteiger charge is -2.31. The van der Waals surface area contributed by atoms with Crippen LogP contribution in [0.3, 0.4) is 0 Å². The van der Waals surface area contributed by atoms with Gasteiger partial charge < -0.3 is 5.32 Å². The van der Waals surface area contributed by atoms with Crippen LogP contribution >= 0.6 is 0 Å². The summed E-state index contributed by atoms with van der Waals surface area (Å²) in [6.45, 7) is 1.88. The summed E-state index contributed by atoms with van der Waals surface area (Å²) in [6.07, 6.45) is 5.65. The Hall–Kier alpha value is -1.40. The average Bonchev–Trinajstić information content (AvgIpc) is 3.47. The lowest BCUT2D eigenvalue weighted by molar-refractivity contribution is -0.121. The summed E-state index contributed by atoms with van der Waals surface area (Å²) in [6, 6.07) is 10.2. The number of amides is 1. The van der Waals surface area contributed by atoms with Gasteiger partial charge in [0.25, 0.3) is 0 Å². The smallest absolute Gasteiger partial charge is 0.220 e. The van der Waals surface area contributed by atoms with Gasteiger partial charge >= 0.3 is 0 Å². The van der Waals surface area contributed by atoms with Gasteiger partial charge in [-0.05, 0) is 50.0 Å². The summed E-state index contributed by atoms with van der Waals surface area (Å²) in [5, 5.41) is 2.90. The Kier molecular flexibility index (Phi) is 6.12. The Labute approximate surface area is 150 Å². The van der Waals surface area contributed by atoms with E-state index in [0.717, 1.165) is 38.5 Å². The van der Waals surface area contributed by atoms with Gasteiger partial charge in [0.2, 0.25) is 15.9 Å². The summed E-state index contributed by atoms with van der Waals surface area (Å²) in [5.74, 6) is 0.493. The molecule has 0 bridgehead atoms. The van der Waals surface area contributed by atoms with Crippen molar-refractivity contribution in [2.75, 3.05) is 19.6 Å². The molecule has 1 saturated carbocycles. The number of nitrogens with zero attached hydrogens (tertiary/aromatic N) is 1. The molecule has 1 aliphatic carbocycles. The van der Waals surface area contributed by atoms with Gasteiger partial charge in [-0.2, -0.15) is 0 Å². The quantitative estimate of drug-likeness (QED) is 0.770. The van der Waals surface area contributed by atoms with Crippen molar-refractivity contribution in [3.05, 3.63) is 35.9 Å². The van der Waals surface area contributed by atoms with Crippen LogP contribution in [0.5, 0.6) is 0 Å². The maximum atomic E-state index is 12.2. The van der Waals surface area contributed by atoms with E-state index in [-0.39, 0.29) is 11.2 Å². The van der Waals surface area contributed by atoms with Crippen LogP contribution in [0, 0.1) is 5.92 Å². The second-order valence-electron chi connectivity index (χ2n) is 7.23. The largest absolute Gasteiger partial charge is 0.356 e. The van der Waals surface area contributed by atoms with E-state index >= 15 is 0 Å². The van der Waals surface area contributed by atoms with Gasteiger partial charge in [-0.25, -0.2) is 12.7 Å². The topological polar surface area (TPSA) is 66.5 Å². The summed E-state index contributed by atoms with van der Waals surface area (Å²) < 4.78 is 26.1. The number of benzene rings is 1. The van der Waals surface area contributed by atoms with E-state index in [1.165, 1.54) is 5.56 Å². The van der Waals surface area contributed by atoms with E-state index in [2.05, 4.69) is 17.4 Å². The van der Waals surface area contributed by atoms with Crippen LogP contribution < -0.4 is 5.32 Å². The molecular weight excluding hydrogens is 336 g/mol. The number of rotatable bonds is 8. The molecule has 0 unspecified atom stereocenters. The first-order chi connectivity index (χ1) is 12.1. The predicted molar refractivity (Wildman–Crippen MR) is 98.6 cm³/mol. The number of carbonyl (C=O) groups excluding carboxylic acids is 1. The normalized spacial score (nSPS) is 19.7. The molecule has 1 amide bonds. The predicted octanol–water partition coefficient (Wildman–Crippen LogP) is 2.33. The van der Waals surface area contributed by atoms with Crippen molar-refractivity contribution in [2.45, 2.75) is 50.2 Å². The van der Waals surface area contributed by atoms with Gasteiger partial charge in [0.05, 0.1) is 5.25 Å². The molecule has 1 aromatic rings. The second kappa shape index (κ2) is 8.32. The molecule has 2 aliphatic rings. The van der Waals surface area contributed by atoms with Gasteiger partial charge in [-0.3, -0.25) is 4.79 Å². The highest BCUT2D eigenvalue weighted by atomic mass is 32.2. The first-order valence-corrected chi connectivity index (χ1v) is 10.9. The highest BCUT2D eigenvalue weighted by Gasteiger charge is 2.41. The standard InChI is InChI=1S/C19H28N2O3S/c22-19(8-4-7-16-5-2-1-3-6-16)20-15-17-11-13-21(14-12-17)25(23,24)18-9-10-18/h1-3,5-6,17-18H,4,7-15H2,(H,20,22). The molecule has 0 radical (unpaired) electrons. The van der Waals surface area contributed by atoms with Crippen LogP contribution in [0.15, 0.2) is 30.3 Å². The van der Waals surface area contributed by atoms with Crippen LogP contribution in [-0.4, -0.2) is 43.5 Å². The van der Waals surface area contributed by atoms with E-state index < -0.39 is 10.0 Å². The van der Waals surface area contributed by atoms with Crippen molar-refractivity contribution in [3.8, 4) is 0 Å². The maximum Gasteiger partial charge on any atom is 0.220 e. The van der Waals surface area contributed by atoms with Crippen molar-refractivity contribution in [3.63, 3.8) is 0 Å². The van der Waals surface area contributed by atoms with E-state index in [0.29, 0.717) is 32.0 Å². The van der Waals surface area contributed by atoms with E-state index in [1.54, 1.807) is 4.31 Å². The Morgan fingerprint density at radius 2 is 1.76 bits per heavy atom. The monoisotopic (exact) mass is 364 g/mol. The number of piperidine rings is 1. The zero-order chi connectivity index (χ0) is 17.7. The van der Waals surface area contributed by atoms with Gasteiger partial charge in [0, 0.05) is 26.1 Å². The number of carbonyl (C=O) groups is 1. The molecule has 25 heavy (non-hydrogen) atoms. The average molecular weight is 365 g/mol. The molecule has 5 nitrogen and oxygen atoms in total. The molecule has 0 spiro atoms. The lowest BCUT2D eigenvalue weighted by Crippen LogP contribution is -2.42. The first kappa shape index (κ1) is 18.4. The van der Waals surface area contributed by atoms with Gasteiger partial charge in [-0.1, -0.05) is 30.3 Å². The number of sulfonamides is 1. The van der Waals surface area contributed by atoms with Crippen LogP contribution in [0.4, 0.5) is 0 Å². The molecule has 3 rings (SSSR count). The minimum absolute atomic E-state index is 0.101. The number of hydrogen-bond acceptors (Lipinski definition) is 3. The van der Waals surface area contributed by atoms with Crippen molar-refractivity contribution in [2.24, 2.45) is 5.92 Å². The highest BCUT2D eigenvalue weighted by molar-refractivity contribution is 7.90. The van der Waals surface area contributed by atoms with Gasteiger partial charge in [-0.15, -0.1) is 0 Å². The molecule has 138 valence electrons. The third kappa shape index (κ3) is 5.28. The maximum absolute atomic E-state index is 12.2. The van der Waals surface area contributed by atoms with Crippen molar-refractivity contribution < 1.29 is 13.2 Å². The SMILES string of the molecule is O=C(CCCc1ccccc1)NCC1CCN(S(=O)(=O)C2CC2)CC1. The van der Waals surface area contributed by atoms with E-state index in [9.17, 15) is 13.2 Å². The zero-order valence-corrected chi connectivity index (χ0v) is 15.5. The van der Waals surface area contributed by atoms with Crippen molar-refractivity contribution in [1.82, 2.24) is 9.62 Å². The zero-order valence-electron chi connectivity index (χ0n) is 14.7. The molecule has 2 fully saturated rings. The van der Waals surface area contributed by atoms with Gasteiger partial charge in [0.1, 0.15) is 0 Å². The fourth-order valence-corrected chi connectivity index (χ4v) is 5.26. The molecular formula is C19H28N2O3S. The molecule has 0 aromatic heterocycles. The van der Waals surface area contributed by atoms with Crippen LogP contribution in [0.25, 0.3) is 0 Å². The van der Waals surface area contributed by atoms with Crippen LogP contribution in [0.2, 0.25) is 0 Å². The molecule has 1 saturated heterocycles. The molecule has 0 atom stereocenters. The summed E-state index contributed by atoms with van der Waals surface area (Å²) >= 11 is 0. The molecule has 1 heterocycles. The Balaban J connectivity index is 1.31. The third-order valence-corrected chi connectivity index (χ3v) is 7.58. The van der Waals surface area contributed by atoms with Crippen molar-refractivity contribution >= 4 is 15.9 Å². The fourth-order valence-electron chi connectivity index (χ4n) is 3.39. The molecule has 6 heteroatoms. The van der Waals surface area contributed by atoms with E-state index in [1.807, 2.05) is 18.2 Å². The van der Waals surface area contributed by atoms with Crippen molar-refractivity contribution in [1.29, 1.82) is 0 Å². The van der Waals surface area contributed by atoms with E-state index in [4.69, 9.17) is 0 Å². The Morgan fingerprint density at radius 3 is 2.40 bits per heavy atom. The van der Waals surface area contributed by atoms with Crippen LogP contribution in [0.1, 0.15) is 44.1 Å². The molecule has 1 N–H and O–H groups in total. The number of nitrogens with one attached hydrogen (secondary N) is 1. The Morgan fingerprint density at radius 1 is 1.08 bits per heavy atom. The summed E-state index contributed by atoms with van der Waals surface area (Å²) in [5.41, 5.74) is 1.26. The fraction of sp³-hybridized carbons (Fsp3) is 0.632. The summed E-state index contributed by atoms with van der Waals surface area (Å²) in [7, 11) is -3.04. The molecule has 1 aromatic carbocycles. The minimum Gasteiger partial charge on any atom is -0.356 e. The van der Waals surface area contributed by atoms with Gasteiger partial charge in [0.15, 0.2) is 0 Å².